The molecule has 0 saturated heterocycles. The second-order valence-electron chi connectivity index (χ2n) is 4.26. The summed E-state index contributed by atoms with van der Waals surface area (Å²) in [5.41, 5.74) is 0.950. The minimum absolute atomic E-state index is 0.396. The van der Waals surface area contributed by atoms with Crippen LogP contribution in [0.25, 0.3) is 0 Å². The predicted octanol–water partition coefficient (Wildman–Crippen LogP) is 2.01. The van der Waals surface area contributed by atoms with Crippen molar-refractivity contribution in [3.8, 4) is 5.75 Å². The summed E-state index contributed by atoms with van der Waals surface area (Å²) in [6.07, 6.45) is -0.832. The Labute approximate surface area is 116 Å². The lowest BCUT2D eigenvalue weighted by atomic mass is 10.2. The van der Waals surface area contributed by atoms with Crippen LogP contribution in [0.2, 0.25) is 5.02 Å². The van der Waals surface area contributed by atoms with Crippen LogP contribution in [-0.2, 0) is 9.59 Å². The number of amides is 1. The fourth-order valence-corrected chi connectivity index (χ4v) is 1.50. The van der Waals surface area contributed by atoms with Crippen molar-refractivity contribution in [1.82, 2.24) is 5.32 Å². The molecule has 2 unspecified atom stereocenters. The number of ether oxygens (including phenoxy) is 1. The molecular formula is C13H16ClNO4. The summed E-state index contributed by atoms with van der Waals surface area (Å²) < 4.78 is 5.43. The number of carbonyl (C=O) groups excluding carboxylic acids is 1. The molecule has 0 radical (unpaired) electrons. The number of carboxylic acid groups (broad SMARTS) is 1. The van der Waals surface area contributed by atoms with E-state index in [-0.39, 0.29) is 0 Å². The predicted molar refractivity (Wildman–Crippen MR) is 71.5 cm³/mol. The van der Waals surface area contributed by atoms with Gasteiger partial charge in [0.1, 0.15) is 11.8 Å². The van der Waals surface area contributed by atoms with Gasteiger partial charge in [0.05, 0.1) is 5.02 Å². The highest BCUT2D eigenvalue weighted by atomic mass is 35.5. The van der Waals surface area contributed by atoms with Crippen LogP contribution >= 0.6 is 11.6 Å². The Kier molecular flexibility index (Phi) is 5.18. The Bertz CT molecular complexity index is 490. The van der Waals surface area contributed by atoms with Crippen LogP contribution in [0.3, 0.4) is 0 Å². The molecule has 0 heterocycles. The molecule has 0 fully saturated rings. The molecule has 1 rings (SSSR count). The lowest BCUT2D eigenvalue weighted by Crippen LogP contribution is -2.44. The number of carboxylic acids is 1. The molecule has 1 amide bonds. The molecule has 0 bridgehead atoms. The first kappa shape index (κ1) is 15.3. The molecule has 104 valence electrons. The fraction of sp³-hybridized carbons (Fsp3) is 0.385. The molecule has 5 nitrogen and oxygen atoms in total. The van der Waals surface area contributed by atoms with Crippen LogP contribution in [0.1, 0.15) is 19.4 Å². The van der Waals surface area contributed by atoms with E-state index in [9.17, 15) is 9.59 Å². The number of halogens is 1. The van der Waals surface area contributed by atoms with Crippen molar-refractivity contribution in [3.05, 3.63) is 28.8 Å². The Balaban J connectivity index is 2.68. The average Bonchev–Trinajstić information content (AvgIpc) is 2.33. The van der Waals surface area contributed by atoms with Gasteiger partial charge in [-0.25, -0.2) is 0 Å². The van der Waals surface area contributed by atoms with E-state index in [1.54, 1.807) is 12.1 Å². The van der Waals surface area contributed by atoms with Crippen molar-refractivity contribution >= 4 is 23.5 Å². The number of carbonyl (C=O) groups is 2. The summed E-state index contributed by atoms with van der Waals surface area (Å²) in [4.78, 5) is 22.4. The van der Waals surface area contributed by atoms with Crippen LogP contribution in [0.5, 0.6) is 5.75 Å². The Hall–Kier alpha value is -1.75. The van der Waals surface area contributed by atoms with Crippen molar-refractivity contribution in [2.75, 3.05) is 0 Å². The van der Waals surface area contributed by atoms with Gasteiger partial charge in [-0.15, -0.1) is 0 Å². The van der Waals surface area contributed by atoms with Crippen molar-refractivity contribution < 1.29 is 19.4 Å². The van der Waals surface area contributed by atoms with Crippen LogP contribution < -0.4 is 10.1 Å². The van der Waals surface area contributed by atoms with Crippen molar-refractivity contribution in [2.45, 2.75) is 32.9 Å². The van der Waals surface area contributed by atoms with Gasteiger partial charge in [0.25, 0.3) is 5.91 Å². The van der Waals surface area contributed by atoms with E-state index in [1.807, 2.05) is 13.0 Å². The summed E-state index contributed by atoms with van der Waals surface area (Å²) in [6.45, 7) is 4.79. The topological polar surface area (TPSA) is 75.6 Å². The highest BCUT2D eigenvalue weighted by Gasteiger charge is 2.20. The zero-order valence-corrected chi connectivity index (χ0v) is 11.7. The number of aliphatic carboxylic acids is 1. The molecule has 2 N–H and O–H groups in total. The molecule has 0 spiro atoms. The molecule has 1 aromatic carbocycles. The Morgan fingerprint density at radius 3 is 2.58 bits per heavy atom. The van der Waals surface area contributed by atoms with E-state index >= 15 is 0 Å². The fourth-order valence-electron chi connectivity index (χ4n) is 1.34. The summed E-state index contributed by atoms with van der Waals surface area (Å²) in [5, 5.41) is 11.4. The number of rotatable bonds is 5. The monoisotopic (exact) mass is 285 g/mol. The maximum absolute atomic E-state index is 11.7. The van der Waals surface area contributed by atoms with Crippen LogP contribution in [0, 0.1) is 6.92 Å². The van der Waals surface area contributed by atoms with Crippen LogP contribution in [0.4, 0.5) is 0 Å². The molecule has 0 saturated carbocycles. The van der Waals surface area contributed by atoms with Crippen LogP contribution in [0.15, 0.2) is 18.2 Å². The quantitative estimate of drug-likeness (QED) is 0.868. The number of aryl methyl sites for hydroxylation is 1. The molecule has 1 aromatic rings. The first-order valence-electron chi connectivity index (χ1n) is 5.77. The van der Waals surface area contributed by atoms with Crippen molar-refractivity contribution in [3.63, 3.8) is 0 Å². The van der Waals surface area contributed by atoms with Gasteiger partial charge in [0.2, 0.25) is 0 Å². The Morgan fingerprint density at radius 2 is 2.00 bits per heavy atom. The van der Waals surface area contributed by atoms with Gasteiger partial charge in [0.15, 0.2) is 6.10 Å². The van der Waals surface area contributed by atoms with E-state index in [4.69, 9.17) is 21.4 Å². The molecule has 0 aliphatic carbocycles. The van der Waals surface area contributed by atoms with Crippen molar-refractivity contribution in [1.29, 1.82) is 0 Å². The van der Waals surface area contributed by atoms with Crippen molar-refractivity contribution in [2.24, 2.45) is 0 Å². The third-order valence-electron chi connectivity index (χ3n) is 2.49. The zero-order valence-electron chi connectivity index (χ0n) is 10.9. The third-order valence-corrected chi connectivity index (χ3v) is 2.80. The lowest BCUT2D eigenvalue weighted by Gasteiger charge is -2.17. The SMILES string of the molecule is Cc1ccc(Cl)c(OC(C)C(=O)NC(C)C(=O)O)c1. The van der Waals surface area contributed by atoms with Gasteiger partial charge in [0, 0.05) is 0 Å². The zero-order chi connectivity index (χ0) is 14.6. The van der Waals surface area contributed by atoms with E-state index in [0.29, 0.717) is 10.8 Å². The lowest BCUT2D eigenvalue weighted by molar-refractivity contribution is -0.142. The summed E-state index contributed by atoms with van der Waals surface area (Å²) in [5.74, 6) is -1.21. The Morgan fingerprint density at radius 1 is 1.37 bits per heavy atom. The molecular weight excluding hydrogens is 270 g/mol. The van der Waals surface area contributed by atoms with E-state index in [0.717, 1.165) is 5.56 Å². The van der Waals surface area contributed by atoms with Gasteiger partial charge in [-0.3, -0.25) is 9.59 Å². The summed E-state index contributed by atoms with van der Waals surface area (Å²) >= 11 is 5.95. The highest BCUT2D eigenvalue weighted by Crippen LogP contribution is 2.26. The first-order valence-corrected chi connectivity index (χ1v) is 6.15. The molecule has 0 aromatic heterocycles. The van der Waals surface area contributed by atoms with E-state index < -0.39 is 24.0 Å². The molecule has 0 aliphatic rings. The number of nitrogens with one attached hydrogen (secondary N) is 1. The molecule has 19 heavy (non-hydrogen) atoms. The number of hydrogen-bond donors (Lipinski definition) is 2. The van der Waals surface area contributed by atoms with Gasteiger partial charge >= 0.3 is 5.97 Å². The molecule has 0 aliphatic heterocycles. The van der Waals surface area contributed by atoms with Gasteiger partial charge in [-0.2, -0.15) is 0 Å². The van der Waals surface area contributed by atoms with Crippen LogP contribution in [-0.4, -0.2) is 29.1 Å². The van der Waals surface area contributed by atoms with Gasteiger partial charge < -0.3 is 15.2 Å². The third kappa shape index (κ3) is 4.44. The second kappa shape index (κ2) is 6.43. The maximum Gasteiger partial charge on any atom is 0.325 e. The summed E-state index contributed by atoms with van der Waals surface area (Å²) in [6, 6.07) is 4.25. The van der Waals surface area contributed by atoms with E-state index in [1.165, 1.54) is 13.8 Å². The number of hydrogen-bond acceptors (Lipinski definition) is 3. The minimum Gasteiger partial charge on any atom is -0.480 e. The first-order chi connectivity index (χ1) is 8.81. The molecule has 6 heteroatoms. The molecule has 2 atom stereocenters. The largest absolute Gasteiger partial charge is 0.480 e. The summed E-state index contributed by atoms with van der Waals surface area (Å²) in [7, 11) is 0. The van der Waals surface area contributed by atoms with E-state index in [2.05, 4.69) is 5.32 Å². The maximum atomic E-state index is 11.7. The highest BCUT2D eigenvalue weighted by molar-refractivity contribution is 6.32. The van der Waals surface area contributed by atoms with Gasteiger partial charge in [-0.05, 0) is 38.5 Å². The second-order valence-corrected chi connectivity index (χ2v) is 4.67. The standard InChI is InChI=1S/C13H16ClNO4/c1-7-4-5-10(14)11(6-7)19-9(3)12(16)15-8(2)13(17)18/h4-6,8-9H,1-3H3,(H,15,16)(H,17,18). The van der Waals surface area contributed by atoms with Gasteiger partial charge in [-0.1, -0.05) is 17.7 Å². The minimum atomic E-state index is -1.10. The smallest absolute Gasteiger partial charge is 0.325 e. The number of benzene rings is 1. The average molecular weight is 286 g/mol. The normalized spacial score (nSPS) is 13.5.